The molecule has 0 saturated heterocycles. The van der Waals surface area contributed by atoms with Gasteiger partial charge in [-0.25, -0.2) is 10.9 Å². The van der Waals surface area contributed by atoms with Crippen molar-refractivity contribution in [2.75, 3.05) is 5.01 Å². The van der Waals surface area contributed by atoms with Gasteiger partial charge in [-0.3, -0.25) is 19.7 Å². The SMILES string of the molecule is NN1C(=O)C(=O)[N]c2c1cc(Cl)c(Cl)c2[N+](=O)[O-]. The normalized spacial score (nSPS) is 14.3. The quantitative estimate of drug-likeness (QED) is 0.270. The number of fused-ring (bicyclic) bond motifs is 1. The number of nitrogens with two attached hydrogens (primary N) is 1. The Bertz CT molecular complexity index is 603. The van der Waals surface area contributed by atoms with Crippen LogP contribution < -0.4 is 16.2 Å². The standard InChI is InChI=1S/C8H3Cl2N4O4/c9-2-1-3-5(6(4(2)10)14(17)18)12-7(15)8(16)13(3)11/h1H,11H2. The van der Waals surface area contributed by atoms with Crippen molar-refractivity contribution in [3.05, 3.63) is 26.2 Å². The molecule has 1 aliphatic heterocycles. The zero-order valence-electron chi connectivity index (χ0n) is 8.39. The fourth-order valence-electron chi connectivity index (χ4n) is 1.41. The predicted octanol–water partition coefficient (Wildman–Crippen LogP) is 0.884. The fraction of sp³-hybridized carbons (Fsp3) is 0. The van der Waals surface area contributed by atoms with E-state index in [1.807, 2.05) is 0 Å². The second kappa shape index (κ2) is 4.09. The van der Waals surface area contributed by atoms with E-state index < -0.39 is 22.4 Å². The van der Waals surface area contributed by atoms with Gasteiger partial charge in [0.25, 0.3) is 0 Å². The number of anilines is 1. The van der Waals surface area contributed by atoms with Crippen molar-refractivity contribution in [1.82, 2.24) is 5.32 Å². The van der Waals surface area contributed by atoms with E-state index in [2.05, 4.69) is 5.32 Å². The highest BCUT2D eigenvalue weighted by atomic mass is 35.5. The van der Waals surface area contributed by atoms with Crippen LogP contribution in [-0.2, 0) is 9.59 Å². The van der Waals surface area contributed by atoms with Crippen LogP contribution in [0.2, 0.25) is 10.0 Å². The van der Waals surface area contributed by atoms with Gasteiger partial charge in [-0.15, -0.1) is 0 Å². The zero-order valence-corrected chi connectivity index (χ0v) is 9.90. The summed E-state index contributed by atoms with van der Waals surface area (Å²) in [5.41, 5.74) is -1.21. The van der Waals surface area contributed by atoms with Gasteiger partial charge in [-0.05, 0) is 6.07 Å². The minimum Gasteiger partial charge on any atom is -0.261 e. The van der Waals surface area contributed by atoms with Gasteiger partial charge in [-0.2, -0.15) is 5.32 Å². The maximum absolute atomic E-state index is 11.3. The average molecular weight is 290 g/mol. The third kappa shape index (κ3) is 1.67. The molecule has 0 aliphatic carbocycles. The molecule has 1 aromatic rings. The van der Waals surface area contributed by atoms with E-state index in [-0.39, 0.29) is 21.4 Å². The van der Waals surface area contributed by atoms with E-state index in [0.29, 0.717) is 5.01 Å². The number of nitrogens with zero attached hydrogens (tertiary/aromatic N) is 3. The van der Waals surface area contributed by atoms with Crippen LogP contribution in [0.3, 0.4) is 0 Å². The molecule has 18 heavy (non-hydrogen) atoms. The van der Waals surface area contributed by atoms with E-state index in [1.54, 1.807) is 0 Å². The van der Waals surface area contributed by atoms with Crippen molar-refractivity contribution in [3.63, 3.8) is 0 Å². The van der Waals surface area contributed by atoms with Crippen molar-refractivity contribution < 1.29 is 14.5 Å². The summed E-state index contributed by atoms with van der Waals surface area (Å²) in [5.74, 6) is 3.02. The largest absolute Gasteiger partial charge is 0.337 e. The zero-order chi connectivity index (χ0) is 13.6. The van der Waals surface area contributed by atoms with Crippen LogP contribution in [-0.4, -0.2) is 16.7 Å². The van der Waals surface area contributed by atoms with Gasteiger partial charge in [0.1, 0.15) is 5.02 Å². The first kappa shape index (κ1) is 12.6. The first-order valence-corrected chi connectivity index (χ1v) is 5.11. The van der Waals surface area contributed by atoms with Crippen molar-refractivity contribution in [1.29, 1.82) is 0 Å². The van der Waals surface area contributed by atoms with Gasteiger partial charge < -0.3 is 0 Å². The second-order valence-electron chi connectivity index (χ2n) is 3.24. The van der Waals surface area contributed by atoms with Crippen LogP contribution in [0.15, 0.2) is 6.07 Å². The molecule has 10 heteroatoms. The minimum absolute atomic E-state index is 0.152. The number of benzene rings is 1. The second-order valence-corrected chi connectivity index (χ2v) is 4.02. The lowest BCUT2D eigenvalue weighted by molar-refractivity contribution is -0.384. The molecule has 0 saturated carbocycles. The summed E-state index contributed by atoms with van der Waals surface area (Å²) < 4.78 is 0. The summed E-state index contributed by atoms with van der Waals surface area (Å²) in [7, 11) is 0. The van der Waals surface area contributed by atoms with Gasteiger partial charge in [0.2, 0.25) is 0 Å². The van der Waals surface area contributed by atoms with Crippen LogP contribution in [0, 0.1) is 10.1 Å². The molecule has 1 aliphatic rings. The number of nitro benzene ring substituents is 1. The smallest absolute Gasteiger partial charge is 0.261 e. The molecule has 1 radical (unpaired) electrons. The number of nitro groups is 1. The maximum atomic E-state index is 11.3. The van der Waals surface area contributed by atoms with Crippen LogP contribution in [0.25, 0.3) is 0 Å². The van der Waals surface area contributed by atoms with Crippen molar-refractivity contribution in [3.8, 4) is 0 Å². The van der Waals surface area contributed by atoms with Gasteiger partial charge in [-0.1, -0.05) is 23.2 Å². The summed E-state index contributed by atoms with van der Waals surface area (Å²) in [5, 5.41) is 14.1. The summed E-state index contributed by atoms with van der Waals surface area (Å²) in [4.78, 5) is 32.5. The Morgan fingerprint density at radius 3 is 2.56 bits per heavy atom. The molecule has 0 spiro atoms. The molecule has 0 bridgehead atoms. The predicted molar refractivity (Wildman–Crippen MR) is 61.6 cm³/mol. The highest BCUT2D eigenvalue weighted by Crippen LogP contribution is 2.45. The Morgan fingerprint density at radius 2 is 2.00 bits per heavy atom. The topological polar surface area (TPSA) is 121 Å². The molecule has 93 valence electrons. The Hall–Kier alpha value is -1.90. The third-order valence-electron chi connectivity index (χ3n) is 2.21. The van der Waals surface area contributed by atoms with Crippen molar-refractivity contribution in [2.45, 2.75) is 0 Å². The number of carbonyl (C=O) groups is 2. The van der Waals surface area contributed by atoms with Gasteiger partial charge in [0, 0.05) is 0 Å². The Kier molecular flexibility index (Phi) is 2.85. The number of hydrazine groups is 1. The summed E-state index contributed by atoms with van der Waals surface area (Å²) in [6.07, 6.45) is 0. The number of hydrogen-bond acceptors (Lipinski definition) is 5. The molecule has 2 rings (SSSR count). The lowest BCUT2D eigenvalue weighted by Gasteiger charge is -2.23. The monoisotopic (exact) mass is 289 g/mol. The van der Waals surface area contributed by atoms with Gasteiger partial charge in [0.05, 0.1) is 15.6 Å². The van der Waals surface area contributed by atoms with Gasteiger partial charge >= 0.3 is 17.5 Å². The van der Waals surface area contributed by atoms with Crippen LogP contribution >= 0.6 is 23.2 Å². The van der Waals surface area contributed by atoms with E-state index >= 15 is 0 Å². The molecule has 0 aromatic heterocycles. The summed E-state index contributed by atoms with van der Waals surface area (Å²) in [6, 6.07) is 1.13. The number of halogens is 2. The third-order valence-corrected chi connectivity index (χ3v) is 2.98. The molecule has 2 amide bonds. The van der Waals surface area contributed by atoms with Crippen LogP contribution in [0.4, 0.5) is 17.1 Å². The molecule has 1 heterocycles. The van der Waals surface area contributed by atoms with E-state index in [1.165, 1.54) is 0 Å². The Balaban J connectivity index is 2.79. The first-order chi connectivity index (χ1) is 8.34. The maximum Gasteiger partial charge on any atom is 0.337 e. The highest BCUT2D eigenvalue weighted by molar-refractivity contribution is 6.46. The molecule has 0 atom stereocenters. The molecule has 8 nitrogen and oxygen atoms in total. The van der Waals surface area contributed by atoms with E-state index in [4.69, 9.17) is 29.0 Å². The van der Waals surface area contributed by atoms with Gasteiger partial charge in [0.15, 0.2) is 5.69 Å². The van der Waals surface area contributed by atoms with Crippen molar-refractivity contribution in [2.24, 2.45) is 5.84 Å². The average Bonchev–Trinajstić information content (AvgIpc) is 2.29. The Morgan fingerprint density at radius 1 is 1.39 bits per heavy atom. The number of amides is 2. The summed E-state index contributed by atoms with van der Waals surface area (Å²) >= 11 is 11.4. The molecule has 0 unspecified atom stereocenters. The molecular weight excluding hydrogens is 287 g/mol. The number of carbonyl (C=O) groups excluding carboxylic acids is 2. The summed E-state index contributed by atoms with van der Waals surface area (Å²) in [6.45, 7) is 0. The molecular formula is C8H3Cl2N4O4. The Labute approximate surface area is 109 Å². The molecule has 2 N–H and O–H groups in total. The van der Waals surface area contributed by atoms with Crippen LogP contribution in [0.1, 0.15) is 0 Å². The highest BCUT2D eigenvalue weighted by Gasteiger charge is 2.38. The molecule has 0 fully saturated rings. The van der Waals surface area contributed by atoms with E-state index in [0.717, 1.165) is 6.07 Å². The number of hydrogen-bond donors (Lipinski definition) is 1. The number of rotatable bonds is 1. The molecule has 1 aromatic carbocycles. The minimum atomic E-state index is -1.22. The fourth-order valence-corrected chi connectivity index (χ4v) is 1.82. The lowest BCUT2D eigenvalue weighted by Crippen LogP contribution is -2.48. The lowest BCUT2D eigenvalue weighted by atomic mass is 10.1. The van der Waals surface area contributed by atoms with Crippen LogP contribution in [0.5, 0.6) is 0 Å². The van der Waals surface area contributed by atoms with Crippen molar-refractivity contribution >= 4 is 52.1 Å². The first-order valence-electron chi connectivity index (χ1n) is 4.35. The van der Waals surface area contributed by atoms with E-state index in [9.17, 15) is 19.7 Å².